The Bertz CT molecular complexity index is 876. The number of aliphatic imine (C=N–C) groups is 1. The van der Waals surface area contributed by atoms with Gasteiger partial charge in [-0.25, -0.2) is 9.79 Å². The molecule has 2 aromatic rings. The number of benzene rings is 2. The molecule has 0 aliphatic carbocycles. The van der Waals surface area contributed by atoms with Crippen LogP contribution in [0.2, 0.25) is 5.02 Å². The number of carbonyl (C=O) groups is 1. The van der Waals surface area contributed by atoms with E-state index in [0.717, 1.165) is 17.1 Å². The Morgan fingerprint density at radius 3 is 2.65 bits per heavy atom. The number of hydrogen-bond acceptors (Lipinski definition) is 5. The molecular weight excluding hydrogens is 354 g/mol. The number of amidine groups is 1. The first-order chi connectivity index (χ1) is 12.7. The number of amides is 1. The Kier molecular flexibility index (Phi) is 4.42. The molecule has 134 valence electrons. The molecule has 7 heteroatoms. The largest absolute Gasteiger partial charge is 0.454 e. The van der Waals surface area contributed by atoms with Crippen molar-refractivity contribution in [2.75, 3.05) is 33.3 Å². The van der Waals surface area contributed by atoms with Gasteiger partial charge in [0.2, 0.25) is 0 Å². The molecule has 0 spiro atoms. The number of carbonyl (C=O) groups excluding carboxylic acids is 1. The highest BCUT2D eigenvalue weighted by molar-refractivity contribution is 6.31. The normalized spacial score (nSPS) is 16.0. The maximum Gasteiger partial charge on any atom is 0.409 e. The molecular formula is C19H18ClN3O3. The van der Waals surface area contributed by atoms with Crippen LogP contribution in [-0.4, -0.2) is 55.0 Å². The Labute approximate surface area is 156 Å². The van der Waals surface area contributed by atoms with Crippen LogP contribution in [0.25, 0.3) is 0 Å². The first-order valence-corrected chi connectivity index (χ1v) is 8.77. The van der Waals surface area contributed by atoms with Gasteiger partial charge < -0.3 is 19.3 Å². The van der Waals surface area contributed by atoms with Crippen molar-refractivity contribution >= 4 is 29.2 Å². The summed E-state index contributed by atoms with van der Waals surface area (Å²) in [5.74, 6) is 2.23. The van der Waals surface area contributed by atoms with Crippen molar-refractivity contribution < 1.29 is 14.3 Å². The van der Waals surface area contributed by atoms with E-state index in [1.54, 1.807) is 11.0 Å². The Balaban J connectivity index is 1.71. The van der Waals surface area contributed by atoms with E-state index in [1.807, 2.05) is 36.4 Å². The zero-order valence-corrected chi connectivity index (χ0v) is 15.1. The number of halogens is 1. The summed E-state index contributed by atoms with van der Waals surface area (Å²) in [5.41, 5.74) is 1.62. The molecule has 1 amide bonds. The number of para-hydroxylation sites is 2. The number of hydrogen-bond donors (Lipinski definition) is 0. The van der Waals surface area contributed by atoms with Gasteiger partial charge in [-0.1, -0.05) is 23.7 Å². The lowest BCUT2D eigenvalue weighted by atomic mass is 10.1. The Hall–Kier alpha value is -2.73. The molecule has 0 aromatic heterocycles. The minimum absolute atomic E-state index is 0.301. The number of piperazine rings is 1. The Morgan fingerprint density at radius 1 is 1.12 bits per heavy atom. The number of methoxy groups -OCH3 is 1. The molecule has 26 heavy (non-hydrogen) atoms. The van der Waals surface area contributed by atoms with E-state index in [0.29, 0.717) is 42.7 Å². The third kappa shape index (κ3) is 3.08. The van der Waals surface area contributed by atoms with Crippen molar-refractivity contribution in [3.05, 3.63) is 53.1 Å². The van der Waals surface area contributed by atoms with E-state index in [4.69, 9.17) is 26.1 Å². The summed E-state index contributed by atoms with van der Waals surface area (Å²) in [6.45, 7) is 2.46. The van der Waals surface area contributed by atoms with Gasteiger partial charge in [-0.3, -0.25) is 0 Å². The average molecular weight is 372 g/mol. The topological polar surface area (TPSA) is 54.4 Å². The van der Waals surface area contributed by atoms with E-state index in [9.17, 15) is 4.79 Å². The zero-order chi connectivity index (χ0) is 18.1. The molecule has 1 fully saturated rings. The summed E-state index contributed by atoms with van der Waals surface area (Å²) in [5, 5.41) is 0.624. The smallest absolute Gasteiger partial charge is 0.409 e. The number of fused-ring (bicyclic) bond motifs is 2. The van der Waals surface area contributed by atoms with Crippen LogP contribution in [0.15, 0.2) is 47.5 Å². The zero-order valence-electron chi connectivity index (χ0n) is 14.3. The van der Waals surface area contributed by atoms with Crippen molar-refractivity contribution in [3.8, 4) is 11.5 Å². The summed E-state index contributed by atoms with van der Waals surface area (Å²) in [7, 11) is 1.40. The second-order valence-electron chi connectivity index (χ2n) is 6.09. The highest BCUT2D eigenvalue weighted by atomic mass is 35.5. The van der Waals surface area contributed by atoms with Crippen molar-refractivity contribution in [1.29, 1.82) is 0 Å². The quantitative estimate of drug-likeness (QED) is 0.704. The summed E-state index contributed by atoms with van der Waals surface area (Å²) >= 11 is 6.23. The lowest BCUT2D eigenvalue weighted by Gasteiger charge is -2.35. The molecule has 0 unspecified atom stereocenters. The van der Waals surface area contributed by atoms with Crippen LogP contribution in [0, 0.1) is 0 Å². The Morgan fingerprint density at radius 2 is 1.88 bits per heavy atom. The maximum atomic E-state index is 11.7. The van der Waals surface area contributed by atoms with Gasteiger partial charge >= 0.3 is 6.09 Å². The van der Waals surface area contributed by atoms with Crippen molar-refractivity contribution in [2.45, 2.75) is 0 Å². The third-order valence-electron chi connectivity index (χ3n) is 4.51. The van der Waals surface area contributed by atoms with Crippen molar-refractivity contribution in [2.24, 2.45) is 4.99 Å². The predicted molar refractivity (Wildman–Crippen MR) is 99.7 cm³/mol. The first-order valence-electron chi connectivity index (χ1n) is 8.39. The van der Waals surface area contributed by atoms with Crippen LogP contribution >= 0.6 is 11.6 Å². The molecule has 1 saturated heterocycles. The molecule has 2 heterocycles. The molecule has 4 rings (SSSR count). The van der Waals surface area contributed by atoms with E-state index >= 15 is 0 Å². The van der Waals surface area contributed by atoms with Crippen LogP contribution < -0.4 is 4.74 Å². The maximum absolute atomic E-state index is 11.7. The van der Waals surface area contributed by atoms with Gasteiger partial charge in [0.05, 0.1) is 12.7 Å². The van der Waals surface area contributed by atoms with Crippen LogP contribution in [0.4, 0.5) is 10.5 Å². The average Bonchev–Trinajstić information content (AvgIpc) is 2.84. The second-order valence-corrected chi connectivity index (χ2v) is 6.53. The van der Waals surface area contributed by atoms with E-state index in [-0.39, 0.29) is 6.09 Å². The fourth-order valence-corrected chi connectivity index (χ4v) is 3.34. The predicted octanol–water partition coefficient (Wildman–Crippen LogP) is 3.91. The van der Waals surface area contributed by atoms with E-state index < -0.39 is 0 Å². The van der Waals surface area contributed by atoms with Gasteiger partial charge in [0.25, 0.3) is 0 Å². The van der Waals surface area contributed by atoms with Gasteiger partial charge in [0, 0.05) is 31.2 Å². The monoisotopic (exact) mass is 371 g/mol. The molecule has 0 N–H and O–H groups in total. The van der Waals surface area contributed by atoms with Gasteiger partial charge in [0.1, 0.15) is 17.3 Å². The van der Waals surface area contributed by atoms with Crippen LogP contribution in [0.3, 0.4) is 0 Å². The molecule has 0 saturated carbocycles. The molecule has 2 aromatic carbocycles. The van der Waals surface area contributed by atoms with Gasteiger partial charge in [-0.15, -0.1) is 0 Å². The molecule has 6 nitrogen and oxygen atoms in total. The molecule has 0 bridgehead atoms. The fraction of sp³-hybridized carbons (Fsp3) is 0.263. The van der Waals surface area contributed by atoms with Gasteiger partial charge in [-0.2, -0.15) is 0 Å². The van der Waals surface area contributed by atoms with Gasteiger partial charge in [-0.05, 0) is 30.3 Å². The molecule has 2 aliphatic heterocycles. The second kappa shape index (κ2) is 6.88. The highest BCUT2D eigenvalue weighted by Gasteiger charge is 2.27. The summed E-state index contributed by atoms with van der Waals surface area (Å²) < 4.78 is 10.9. The fourth-order valence-electron chi connectivity index (χ4n) is 3.17. The number of rotatable bonds is 0. The molecule has 0 atom stereocenters. The number of nitrogens with zero attached hydrogens (tertiary/aromatic N) is 3. The van der Waals surface area contributed by atoms with E-state index in [1.165, 1.54) is 7.11 Å². The minimum Gasteiger partial charge on any atom is -0.454 e. The first kappa shape index (κ1) is 16.7. The SMILES string of the molecule is COC(=O)N1CCN(C2=Nc3ccccc3Oc3ccc(Cl)cc32)CC1. The van der Waals surface area contributed by atoms with Crippen LogP contribution in [0.1, 0.15) is 5.56 Å². The van der Waals surface area contributed by atoms with Crippen LogP contribution in [-0.2, 0) is 4.74 Å². The van der Waals surface area contributed by atoms with Crippen molar-refractivity contribution in [1.82, 2.24) is 9.80 Å². The molecule has 0 radical (unpaired) electrons. The lowest BCUT2D eigenvalue weighted by molar-refractivity contribution is 0.106. The summed E-state index contributed by atoms with van der Waals surface area (Å²) in [6, 6.07) is 13.2. The molecule has 2 aliphatic rings. The van der Waals surface area contributed by atoms with Crippen LogP contribution in [0.5, 0.6) is 11.5 Å². The number of ether oxygens (including phenoxy) is 2. The lowest BCUT2D eigenvalue weighted by Crippen LogP contribution is -2.50. The minimum atomic E-state index is -0.301. The highest BCUT2D eigenvalue weighted by Crippen LogP contribution is 2.38. The van der Waals surface area contributed by atoms with E-state index in [2.05, 4.69) is 4.90 Å². The summed E-state index contributed by atoms with van der Waals surface area (Å²) in [6.07, 6.45) is -0.301. The summed E-state index contributed by atoms with van der Waals surface area (Å²) in [4.78, 5) is 20.4. The van der Waals surface area contributed by atoms with Gasteiger partial charge in [0.15, 0.2) is 5.75 Å². The standard InChI is InChI=1S/C19H18ClN3O3/c1-25-19(24)23-10-8-22(9-11-23)18-14-12-13(20)6-7-16(14)26-17-5-3-2-4-15(17)21-18/h2-7,12H,8-11H2,1H3. The third-order valence-corrected chi connectivity index (χ3v) is 4.74. The van der Waals surface area contributed by atoms with Crippen molar-refractivity contribution in [3.63, 3.8) is 0 Å².